The van der Waals surface area contributed by atoms with Crippen LogP contribution in [0.25, 0.3) is 16.9 Å². The van der Waals surface area contributed by atoms with E-state index in [1.54, 1.807) is 6.26 Å². The predicted octanol–water partition coefficient (Wildman–Crippen LogP) is 3.96. The molecule has 0 bridgehead atoms. The number of nitrogens with zero attached hydrogens (tertiary/aromatic N) is 2. The van der Waals surface area contributed by atoms with Crippen molar-refractivity contribution in [1.29, 1.82) is 0 Å². The van der Waals surface area contributed by atoms with Crippen LogP contribution in [0.3, 0.4) is 0 Å². The molecule has 0 spiro atoms. The van der Waals surface area contributed by atoms with Crippen molar-refractivity contribution in [2.75, 3.05) is 0 Å². The number of pyridine rings is 1. The van der Waals surface area contributed by atoms with Crippen molar-refractivity contribution in [3.63, 3.8) is 0 Å². The first kappa shape index (κ1) is 16.4. The third-order valence-electron chi connectivity index (χ3n) is 4.63. The Bertz CT molecular complexity index is 885. The number of benzene rings is 1. The Kier molecular flexibility index (Phi) is 4.04. The summed E-state index contributed by atoms with van der Waals surface area (Å²) in [5.74, 6) is 0. The third-order valence-corrected chi connectivity index (χ3v) is 4.63. The Morgan fingerprint density at radius 3 is 2.33 bits per heavy atom. The maximum atomic E-state index is 5.48. The molecule has 0 atom stereocenters. The van der Waals surface area contributed by atoms with E-state index in [4.69, 9.17) is 4.52 Å². The van der Waals surface area contributed by atoms with E-state index >= 15 is 0 Å². The van der Waals surface area contributed by atoms with Gasteiger partial charge in [-0.15, -0.1) is 0 Å². The molecule has 0 N–H and O–H groups in total. The van der Waals surface area contributed by atoms with E-state index in [0.29, 0.717) is 0 Å². The fourth-order valence-electron chi connectivity index (χ4n) is 3.05. The fraction of sp³-hybridized carbons (Fsp3) is 0.333. The second kappa shape index (κ2) is 5.90. The molecular weight excluding hydrogens is 296 g/mol. The van der Waals surface area contributed by atoms with Gasteiger partial charge in [0.15, 0.2) is 25.2 Å². The summed E-state index contributed by atoms with van der Waals surface area (Å²) < 4.78 is 9.56. The second-order valence-corrected chi connectivity index (χ2v) is 7.42. The lowest BCUT2D eigenvalue weighted by molar-refractivity contribution is -0.836. The van der Waals surface area contributed by atoms with Crippen molar-refractivity contribution in [1.82, 2.24) is 0 Å². The van der Waals surface area contributed by atoms with Gasteiger partial charge in [-0.3, -0.25) is 0 Å². The van der Waals surface area contributed by atoms with Crippen LogP contribution in [0.4, 0.5) is 0 Å². The molecule has 24 heavy (non-hydrogen) atoms. The SMILES string of the molecule is Cc1c(-c2cco[n+]2C)cc(C(C)(C)C)cc1-[n+]1ccccc1C. The highest BCUT2D eigenvalue weighted by molar-refractivity contribution is 5.66. The van der Waals surface area contributed by atoms with Gasteiger partial charge in [0.1, 0.15) is 0 Å². The van der Waals surface area contributed by atoms with E-state index in [2.05, 4.69) is 75.7 Å². The molecule has 0 aliphatic carbocycles. The Morgan fingerprint density at radius 1 is 1.00 bits per heavy atom. The Balaban J connectivity index is 2.34. The summed E-state index contributed by atoms with van der Waals surface area (Å²) in [5, 5.41) is 0. The topological polar surface area (TPSA) is 20.9 Å². The summed E-state index contributed by atoms with van der Waals surface area (Å²) in [6.07, 6.45) is 3.86. The lowest BCUT2D eigenvalue weighted by atomic mass is 9.84. The minimum atomic E-state index is 0.0722. The van der Waals surface area contributed by atoms with Crippen molar-refractivity contribution < 1.29 is 13.8 Å². The molecule has 2 heterocycles. The van der Waals surface area contributed by atoms with Crippen LogP contribution in [-0.2, 0) is 12.5 Å². The fourth-order valence-corrected chi connectivity index (χ4v) is 3.05. The van der Waals surface area contributed by atoms with Crippen LogP contribution in [0.1, 0.15) is 37.6 Å². The van der Waals surface area contributed by atoms with Crippen LogP contribution >= 0.6 is 0 Å². The zero-order valence-corrected chi connectivity index (χ0v) is 15.4. The number of rotatable bonds is 2. The molecule has 3 aromatic rings. The van der Waals surface area contributed by atoms with Crippen LogP contribution in [0.15, 0.2) is 53.4 Å². The Hall–Kier alpha value is -2.42. The lowest BCUT2D eigenvalue weighted by Gasteiger charge is -2.20. The first-order valence-corrected chi connectivity index (χ1v) is 8.36. The molecule has 0 saturated heterocycles. The van der Waals surface area contributed by atoms with Crippen molar-refractivity contribution in [3.8, 4) is 16.9 Å². The van der Waals surface area contributed by atoms with Crippen molar-refractivity contribution in [2.24, 2.45) is 7.05 Å². The average Bonchev–Trinajstić information content (AvgIpc) is 2.93. The summed E-state index contributed by atoms with van der Waals surface area (Å²) in [7, 11) is 1.94. The molecule has 0 aliphatic rings. The maximum Gasteiger partial charge on any atom is 0.261 e. The van der Waals surface area contributed by atoms with Gasteiger partial charge in [-0.05, 0) is 28.7 Å². The molecule has 0 saturated carbocycles. The van der Waals surface area contributed by atoms with Crippen molar-refractivity contribution >= 4 is 0 Å². The van der Waals surface area contributed by atoms with Crippen molar-refractivity contribution in [3.05, 3.63) is 65.7 Å². The van der Waals surface area contributed by atoms with Crippen molar-refractivity contribution in [2.45, 2.75) is 40.0 Å². The minimum absolute atomic E-state index is 0.0722. The Labute approximate surface area is 144 Å². The van der Waals surface area contributed by atoms with Crippen LogP contribution in [-0.4, -0.2) is 0 Å². The standard InChI is InChI=1S/C21H26N2O/c1-15-9-7-8-11-23(15)20-14-17(21(3,4)5)13-18(16(20)2)19-10-12-24-22(19)6/h7-14H,1-6H3/q+2. The van der Waals surface area contributed by atoms with E-state index in [0.717, 1.165) is 5.69 Å². The number of hydrogen-bond donors (Lipinski definition) is 0. The Morgan fingerprint density at radius 2 is 1.75 bits per heavy atom. The molecule has 3 rings (SSSR count). The summed E-state index contributed by atoms with van der Waals surface area (Å²) in [4.78, 5) is 0. The van der Waals surface area contributed by atoms with Crippen LogP contribution in [0.5, 0.6) is 0 Å². The van der Waals surface area contributed by atoms with E-state index in [-0.39, 0.29) is 5.41 Å². The van der Waals surface area contributed by atoms with Gasteiger partial charge in [0.05, 0.1) is 11.6 Å². The van der Waals surface area contributed by atoms with E-state index in [9.17, 15) is 0 Å². The molecular formula is C21H26N2O+2. The molecule has 1 aromatic carbocycles. The average molecular weight is 322 g/mol. The molecule has 124 valence electrons. The third kappa shape index (κ3) is 2.86. The summed E-state index contributed by atoms with van der Waals surface area (Å²) in [6.45, 7) is 11.1. The molecule has 3 nitrogen and oxygen atoms in total. The van der Waals surface area contributed by atoms with Crippen LogP contribution in [0, 0.1) is 13.8 Å². The lowest BCUT2D eigenvalue weighted by Crippen LogP contribution is -2.35. The predicted molar refractivity (Wildman–Crippen MR) is 95.0 cm³/mol. The van der Waals surface area contributed by atoms with Gasteiger partial charge in [0, 0.05) is 30.7 Å². The van der Waals surface area contributed by atoms with Gasteiger partial charge in [-0.2, -0.15) is 4.57 Å². The largest absolute Gasteiger partial charge is 0.261 e. The first-order chi connectivity index (χ1) is 11.3. The summed E-state index contributed by atoms with van der Waals surface area (Å²) in [6, 6.07) is 12.9. The molecule has 0 unspecified atom stereocenters. The highest BCUT2D eigenvalue weighted by Gasteiger charge is 2.26. The van der Waals surface area contributed by atoms with E-state index < -0.39 is 0 Å². The van der Waals surface area contributed by atoms with Crippen LogP contribution in [0.2, 0.25) is 0 Å². The minimum Gasteiger partial charge on any atom is -0.244 e. The molecule has 0 radical (unpaired) electrons. The van der Waals surface area contributed by atoms with Gasteiger partial charge in [-0.25, -0.2) is 4.52 Å². The monoisotopic (exact) mass is 322 g/mol. The molecule has 3 heteroatoms. The maximum absolute atomic E-state index is 5.48. The van der Waals surface area contributed by atoms with Crippen LogP contribution < -0.4 is 9.31 Å². The van der Waals surface area contributed by atoms with Gasteiger partial charge < -0.3 is 0 Å². The van der Waals surface area contributed by atoms with Gasteiger partial charge in [0.25, 0.3) is 5.69 Å². The number of hydrogen-bond acceptors (Lipinski definition) is 1. The zero-order valence-electron chi connectivity index (χ0n) is 15.4. The van der Waals surface area contributed by atoms with E-state index in [1.807, 2.05) is 17.9 Å². The van der Waals surface area contributed by atoms with Gasteiger partial charge >= 0.3 is 0 Å². The van der Waals surface area contributed by atoms with Gasteiger partial charge in [-0.1, -0.05) is 26.8 Å². The zero-order chi connectivity index (χ0) is 17.5. The number of aromatic nitrogens is 2. The quantitative estimate of drug-likeness (QED) is 0.654. The molecule has 0 amide bonds. The normalized spacial score (nSPS) is 11.8. The second-order valence-electron chi connectivity index (χ2n) is 7.42. The first-order valence-electron chi connectivity index (χ1n) is 8.36. The highest BCUT2D eigenvalue weighted by atomic mass is 16.5. The molecule has 0 aliphatic heterocycles. The summed E-state index contributed by atoms with van der Waals surface area (Å²) in [5.41, 5.74) is 7.38. The molecule has 0 fully saturated rings. The number of aryl methyl sites for hydroxylation is 2. The highest BCUT2D eigenvalue weighted by Crippen LogP contribution is 2.31. The molecule has 2 aromatic heterocycles. The smallest absolute Gasteiger partial charge is 0.244 e. The summed E-state index contributed by atoms with van der Waals surface area (Å²) >= 11 is 0. The van der Waals surface area contributed by atoms with E-state index in [1.165, 1.54) is 28.1 Å². The van der Waals surface area contributed by atoms with Gasteiger partial charge in [0.2, 0.25) is 5.69 Å².